The lowest BCUT2D eigenvalue weighted by Gasteiger charge is -2.63. The Morgan fingerprint density at radius 1 is 1.06 bits per heavy atom. The molecule has 5 aliphatic rings. The van der Waals surface area contributed by atoms with E-state index in [1.165, 1.54) is 23.8 Å². The molecule has 2 N–H and O–H groups in total. The smallest absolute Gasteiger partial charge is 0.314 e. The molecule has 5 nitrogen and oxygen atoms in total. The highest BCUT2D eigenvalue weighted by atomic mass is 16.5. The van der Waals surface area contributed by atoms with Crippen LogP contribution in [-0.4, -0.2) is 35.2 Å². The summed E-state index contributed by atoms with van der Waals surface area (Å²) in [4.78, 5) is 25.5. The number of methoxy groups -OCH3 is 1. The van der Waals surface area contributed by atoms with E-state index in [0.717, 1.165) is 30.4 Å². The maximum atomic E-state index is 12.9. The predicted octanol–water partition coefficient (Wildman–Crippen LogP) is 5.68. The Balaban J connectivity index is 1.67. The molecule has 0 aliphatic heterocycles. The van der Waals surface area contributed by atoms with E-state index in [0.29, 0.717) is 18.4 Å². The topological polar surface area (TPSA) is 83.8 Å². The Kier molecular flexibility index (Phi) is 5.08. The number of carbonyl (C=O) groups excluding carboxylic acids is 2. The molecular formula is C30H38O5. The van der Waals surface area contributed by atoms with Gasteiger partial charge in [0.25, 0.3) is 0 Å². The molecule has 0 saturated heterocycles. The molecule has 5 rings (SSSR count). The number of allylic oxidation sites excluding steroid dienone is 9. The highest BCUT2D eigenvalue weighted by molar-refractivity contribution is 6.06. The van der Waals surface area contributed by atoms with Gasteiger partial charge in [0, 0.05) is 11.0 Å². The number of carbonyl (C=O) groups is 2. The largest absolute Gasteiger partial charge is 0.504 e. The summed E-state index contributed by atoms with van der Waals surface area (Å²) in [5, 5.41) is 21.4. The first-order valence-corrected chi connectivity index (χ1v) is 12.8. The maximum Gasteiger partial charge on any atom is 0.314 e. The van der Waals surface area contributed by atoms with Gasteiger partial charge in [0.2, 0.25) is 5.78 Å². The molecule has 5 heteroatoms. The van der Waals surface area contributed by atoms with E-state index in [1.807, 2.05) is 13.8 Å². The van der Waals surface area contributed by atoms with Crippen molar-refractivity contribution in [1.82, 2.24) is 0 Å². The second kappa shape index (κ2) is 7.32. The van der Waals surface area contributed by atoms with Gasteiger partial charge in [0.15, 0.2) is 5.76 Å². The maximum absolute atomic E-state index is 12.9. The van der Waals surface area contributed by atoms with E-state index in [-0.39, 0.29) is 39.7 Å². The third kappa shape index (κ3) is 2.97. The summed E-state index contributed by atoms with van der Waals surface area (Å²) in [7, 11) is 1.41. The van der Waals surface area contributed by atoms with Gasteiger partial charge in [-0.15, -0.1) is 0 Å². The van der Waals surface area contributed by atoms with Crippen molar-refractivity contribution in [2.45, 2.75) is 79.8 Å². The number of rotatable bonds is 1. The summed E-state index contributed by atoms with van der Waals surface area (Å²) in [5.74, 6) is -0.596. The zero-order chi connectivity index (χ0) is 25.7. The lowest BCUT2D eigenvalue weighted by atomic mass is 9.40. The lowest BCUT2D eigenvalue weighted by Crippen LogP contribution is -2.59. The molecule has 0 spiro atoms. The number of ketones is 1. The molecule has 0 aromatic heterocycles. The summed E-state index contributed by atoms with van der Waals surface area (Å²) in [5.41, 5.74) is 5.06. The SMILES string of the molecule is COC(=O)[C@@]1(C)CC2[C@@](C)(CC(C)=C3C4=CC=C5C(=CC(=O)C(O)=C5C)[C@]4(C)CC[C@]32C)C[C@@H]1O. The van der Waals surface area contributed by atoms with Crippen LogP contribution in [0.25, 0.3) is 0 Å². The van der Waals surface area contributed by atoms with Crippen LogP contribution in [0.5, 0.6) is 0 Å². The highest BCUT2D eigenvalue weighted by Gasteiger charge is 2.63. The number of aliphatic hydroxyl groups excluding tert-OH is 2. The molecule has 5 aliphatic carbocycles. The first-order chi connectivity index (χ1) is 16.2. The van der Waals surface area contributed by atoms with Crippen LogP contribution in [0, 0.1) is 27.6 Å². The van der Waals surface area contributed by atoms with Gasteiger partial charge in [0.05, 0.1) is 18.6 Å². The molecule has 0 aromatic rings. The zero-order valence-electron chi connectivity index (χ0n) is 22.0. The summed E-state index contributed by atoms with van der Waals surface area (Å²) < 4.78 is 5.16. The van der Waals surface area contributed by atoms with Gasteiger partial charge in [-0.3, -0.25) is 9.59 Å². The van der Waals surface area contributed by atoms with Crippen molar-refractivity contribution in [3.8, 4) is 0 Å². The Hall–Kier alpha value is -2.40. The molecule has 0 radical (unpaired) electrons. The average Bonchev–Trinajstić information content (AvgIpc) is 2.79. The molecule has 2 fully saturated rings. The molecule has 188 valence electrons. The fourth-order valence-corrected chi connectivity index (χ4v) is 8.55. The molecule has 0 bridgehead atoms. The van der Waals surface area contributed by atoms with Gasteiger partial charge in [-0.25, -0.2) is 0 Å². The van der Waals surface area contributed by atoms with Crippen LogP contribution in [0.15, 0.2) is 57.4 Å². The van der Waals surface area contributed by atoms with Gasteiger partial charge >= 0.3 is 5.97 Å². The van der Waals surface area contributed by atoms with Crippen molar-refractivity contribution in [2.24, 2.45) is 27.6 Å². The molecular weight excluding hydrogens is 440 g/mol. The summed E-state index contributed by atoms with van der Waals surface area (Å²) in [6.45, 7) is 12.8. The van der Waals surface area contributed by atoms with Crippen LogP contribution in [0.3, 0.4) is 0 Å². The molecule has 6 atom stereocenters. The van der Waals surface area contributed by atoms with Gasteiger partial charge in [-0.05, 0) is 98.0 Å². The molecule has 0 amide bonds. The van der Waals surface area contributed by atoms with Crippen molar-refractivity contribution in [1.29, 1.82) is 0 Å². The highest BCUT2D eigenvalue weighted by Crippen LogP contribution is 2.70. The fraction of sp³-hybridized carbons (Fsp3) is 0.600. The minimum absolute atomic E-state index is 0.107. The number of ether oxygens (including phenoxy) is 1. The minimum Gasteiger partial charge on any atom is -0.504 e. The molecule has 0 heterocycles. The first kappa shape index (κ1) is 24.3. The van der Waals surface area contributed by atoms with Gasteiger partial charge in [-0.1, -0.05) is 38.5 Å². The summed E-state index contributed by atoms with van der Waals surface area (Å²) >= 11 is 0. The standard InChI is InChI=1S/C30H38O5/c1-16-13-27(3)15-23(32)30(6,26(34)35-7)14-22(27)29(5)11-10-28(4)19(24(16)29)9-8-18-17(2)25(33)21(31)12-20(18)28/h8-9,12,22-23,32-33H,10-11,13-15H2,1-7H3/t22?,23-,27-,28+,29-,30-/m0/s1. The van der Waals surface area contributed by atoms with Crippen molar-refractivity contribution in [3.05, 3.63) is 57.4 Å². The Morgan fingerprint density at radius 2 is 1.74 bits per heavy atom. The second-order valence-corrected chi connectivity index (χ2v) is 12.7. The van der Waals surface area contributed by atoms with Gasteiger partial charge in [0.1, 0.15) is 0 Å². The third-order valence-corrected chi connectivity index (χ3v) is 10.5. The van der Waals surface area contributed by atoms with E-state index in [1.54, 1.807) is 6.08 Å². The van der Waals surface area contributed by atoms with Crippen LogP contribution in [0.4, 0.5) is 0 Å². The number of esters is 1. The molecule has 2 saturated carbocycles. The summed E-state index contributed by atoms with van der Waals surface area (Å²) in [6, 6.07) is 0. The summed E-state index contributed by atoms with van der Waals surface area (Å²) in [6.07, 6.45) is 9.01. The van der Waals surface area contributed by atoms with Crippen LogP contribution in [0.2, 0.25) is 0 Å². The monoisotopic (exact) mass is 478 g/mol. The first-order valence-electron chi connectivity index (χ1n) is 12.8. The molecule has 35 heavy (non-hydrogen) atoms. The minimum atomic E-state index is -0.926. The van der Waals surface area contributed by atoms with Crippen LogP contribution < -0.4 is 0 Å². The van der Waals surface area contributed by atoms with E-state index in [4.69, 9.17) is 4.74 Å². The number of fused-ring (bicyclic) bond motifs is 7. The van der Waals surface area contributed by atoms with Crippen molar-refractivity contribution < 1.29 is 24.5 Å². The average molecular weight is 479 g/mol. The van der Waals surface area contributed by atoms with Gasteiger partial charge < -0.3 is 14.9 Å². The number of aliphatic hydroxyl groups is 2. The van der Waals surface area contributed by atoms with E-state index in [9.17, 15) is 19.8 Å². The van der Waals surface area contributed by atoms with Crippen LogP contribution >= 0.6 is 0 Å². The quantitative estimate of drug-likeness (QED) is 0.474. The number of hydrogen-bond acceptors (Lipinski definition) is 5. The van der Waals surface area contributed by atoms with Crippen molar-refractivity contribution in [2.75, 3.05) is 7.11 Å². The van der Waals surface area contributed by atoms with Crippen LogP contribution in [-0.2, 0) is 14.3 Å². The van der Waals surface area contributed by atoms with E-state index < -0.39 is 11.5 Å². The van der Waals surface area contributed by atoms with Crippen LogP contribution in [0.1, 0.15) is 73.6 Å². The molecule has 1 unspecified atom stereocenters. The Labute approximate surface area is 208 Å². The van der Waals surface area contributed by atoms with E-state index >= 15 is 0 Å². The number of hydrogen-bond donors (Lipinski definition) is 2. The van der Waals surface area contributed by atoms with E-state index in [2.05, 4.69) is 39.8 Å². The van der Waals surface area contributed by atoms with Gasteiger partial charge in [-0.2, -0.15) is 0 Å². The lowest BCUT2D eigenvalue weighted by molar-refractivity contribution is -0.177. The fourth-order valence-electron chi connectivity index (χ4n) is 8.55. The Morgan fingerprint density at radius 3 is 2.40 bits per heavy atom. The second-order valence-electron chi connectivity index (χ2n) is 12.7. The Bertz CT molecular complexity index is 1210. The third-order valence-electron chi connectivity index (χ3n) is 10.5. The molecule has 0 aromatic carbocycles. The zero-order valence-corrected chi connectivity index (χ0v) is 22.0. The normalized spacial score (nSPS) is 42.7. The van der Waals surface area contributed by atoms with Crippen molar-refractivity contribution in [3.63, 3.8) is 0 Å². The van der Waals surface area contributed by atoms with Crippen molar-refractivity contribution >= 4 is 11.8 Å². The predicted molar refractivity (Wildman–Crippen MR) is 134 cm³/mol.